The first kappa shape index (κ1) is 18.4. The van der Waals surface area contributed by atoms with Crippen molar-refractivity contribution in [1.29, 1.82) is 0 Å². The Balaban J connectivity index is 1.55. The van der Waals surface area contributed by atoms with E-state index >= 15 is 0 Å². The lowest BCUT2D eigenvalue weighted by atomic mass is 10.00. The van der Waals surface area contributed by atoms with Crippen LogP contribution >= 0.6 is 11.3 Å². The number of ether oxygens (including phenoxy) is 1. The number of carbonyl (C=O) groups is 1. The number of fused-ring (bicyclic) bond motifs is 3. The second-order valence-electron chi connectivity index (χ2n) is 7.85. The van der Waals surface area contributed by atoms with E-state index in [0.29, 0.717) is 38.2 Å². The van der Waals surface area contributed by atoms with Crippen molar-refractivity contribution in [2.24, 2.45) is 0 Å². The van der Waals surface area contributed by atoms with Crippen molar-refractivity contribution in [3.8, 4) is 10.6 Å². The number of aromatic nitrogens is 2. The first-order valence-electron chi connectivity index (χ1n) is 9.69. The van der Waals surface area contributed by atoms with Crippen LogP contribution in [0.5, 0.6) is 0 Å². The average Bonchev–Trinajstić information content (AvgIpc) is 3.35. The van der Waals surface area contributed by atoms with Gasteiger partial charge in [0.2, 0.25) is 0 Å². The third-order valence-electron chi connectivity index (χ3n) is 5.59. The number of piperazine rings is 1. The molecule has 2 atom stereocenters. The van der Waals surface area contributed by atoms with Gasteiger partial charge < -0.3 is 19.2 Å². The van der Waals surface area contributed by atoms with Crippen molar-refractivity contribution < 1.29 is 19.1 Å². The summed E-state index contributed by atoms with van der Waals surface area (Å²) in [5.74, 6) is 0.355. The lowest BCUT2D eigenvalue weighted by molar-refractivity contribution is -0.0457. The maximum absolute atomic E-state index is 11.6. The number of rotatable bonds is 3. The molecule has 2 bridgehead atoms. The SMILES string of the molecule is CC(C)c1cc(-c2nccs2)c2oc(N3CC4COCC(C3)N4C(=O)O)nc2c1. The lowest BCUT2D eigenvalue weighted by Crippen LogP contribution is -2.66. The van der Waals surface area contributed by atoms with E-state index in [9.17, 15) is 9.90 Å². The van der Waals surface area contributed by atoms with Crippen LogP contribution in [-0.2, 0) is 4.74 Å². The summed E-state index contributed by atoms with van der Waals surface area (Å²) in [6.45, 7) is 6.08. The second-order valence-corrected chi connectivity index (χ2v) is 8.74. The molecule has 3 aromatic rings. The van der Waals surface area contributed by atoms with E-state index in [2.05, 4.69) is 31.0 Å². The summed E-state index contributed by atoms with van der Waals surface area (Å²) in [6.07, 6.45) is 0.894. The second kappa shape index (κ2) is 7.00. The number of oxazole rings is 1. The van der Waals surface area contributed by atoms with E-state index in [1.165, 1.54) is 10.5 Å². The molecular weight excluding hydrogens is 392 g/mol. The molecule has 29 heavy (non-hydrogen) atoms. The summed E-state index contributed by atoms with van der Waals surface area (Å²) >= 11 is 1.57. The molecule has 2 aromatic heterocycles. The molecule has 5 rings (SSSR count). The van der Waals surface area contributed by atoms with E-state index in [0.717, 1.165) is 21.7 Å². The van der Waals surface area contributed by atoms with Crippen LogP contribution in [0.1, 0.15) is 25.3 Å². The first-order chi connectivity index (χ1) is 14.0. The van der Waals surface area contributed by atoms with E-state index in [1.807, 2.05) is 10.3 Å². The largest absolute Gasteiger partial charge is 0.465 e. The van der Waals surface area contributed by atoms with Gasteiger partial charge in [-0.1, -0.05) is 13.8 Å². The minimum atomic E-state index is -0.895. The molecule has 2 unspecified atom stereocenters. The molecule has 0 spiro atoms. The van der Waals surface area contributed by atoms with Gasteiger partial charge in [-0.2, -0.15) is 4.98 Å². The molecule has 4 heterocycles. The number of benzene rings is 1. The average molecular weight is 414 g/mol. The van der Waals surface area contributed by atoms with Gasteiger partial charge in [0.05, 0.1) is 30.9 Å². The van der Waals surface area contributed by atoms with Crippen LogP contribution in [0.4, 0.5) is 10.8 Å². The Morgan fingerprint density at radius 3 is 2.66 bits per heavy atom. The third-order valence-corrected chi connectivity index (χ3v) is 6.40. The Kier molecular flexibility index (Phi) is 4.44. The van der Waals surface area contributed by atoms with Crippen LogP contribution < -0.4 is 4.90 Å². The molecule has 0 aliphatic carbocycles. The van der Waals surface area contributed by atoms with Crippen LogP contribution in [0.2, 0.25) is 0 Å². The Labute approximate surface area is 171 Å². The molecule has 8 nitrogen and oxygen atoms in total. The highest BCUT2D eigenvalue weighted by molar-refractivity contribution is 7.13. The molecule has 152 valence electrons. The molecule has 2 aliphatic rings. The van der Waals surface area contributed by atoms with Crippen LogP contribution in [0.3, 0.4) is 0 Å². The zero-order valence-electron chi connectivity index (χ0n) is 16.2. The monoisotopic (exact) mass is 414 g/mol. The van der Waals surface area contributed by atoms with E-state index in [1.54, 1.807) is 17.5 Å². The summed E-state index contributed by atoms with van der Waals surface area (Å²) < 4.78 is 11.8. The van der Waals surface area contributed by atoms with Crippen molar-refractivity contribution in [2.75, 3.05) is 31.2 Å². The first-order valence-corrected chi connectivity index (χ1v) is 10.6. The van der Waals surface area contributed by atoms with Crippen molar-refractivity contribution in [2.45, 2.75) is 31.8 Å². The van der Waals surface area contributed by atoms with Gasteiger partial charge in [-0.05, 0) is 23.6 Å². The maximum atomic E-state index is 11.6. The normalized spacial score (nSPS) is 21.9. The Morgan fingerprint density at radius 2 is 2.03 bits per heavy atom. The standard InChI is InChI=1S/C20H22N4O4S/c1-11(2)12-5-15(18-21-3-4-29-18)17-16(6-12)22-19(28-17)23-7-13-9-27-10-14(8-23)24(13)20(25)26/h3-6,11,13-14H,7-10H2,1-2H3,(H,25,26). The van der Waals surface area contributed by atoms with Crippen molar-refractivity contribution in [1.82, 2.24) is 14.9 Å². The molecule has 1 N–H and O–H groups in total. The Morgan fingerprint density at radius 1 is 1.28 bits per heavy atom. The number of hydrogen-bond donors (Lipinski definition) is 1. The fourth-order valence-corrected chi connectivity index (χ4v) is 4.81. The highest BCUT2D eigenvalue weighted by Crippen LogP contribution is 2.36. The van der Waals surface area contributed by atoms with Crippen LogP contribution in [-0.4, -0.2) is 64.5 Å². The predicted molar refractivity (Wildman–Crippen MR) is 110 cm³/mol. The molecule has 2 aliphatic heterocycles. The molecule has 2 fully saturated rings. The fraction of sp³-hybridized carbons (Fsp3) is 0.450. The maximum Gasteiger partial charge on any atom is 0.408 e. The molecule has 1 amide bonds. The van der Waals surface area contributed by atoms with E-state index in [-0.39, 0.29) is 12.1 Å². The van der Waals surface area contributed by atoms with Gasteiger partial charge in [0.25, 0.3) is 6.01 Å². The number of hydrogen-bond acceptors (Lipinski definition) is 7. The zero-order chi connectivity index (χ0) is 20.1. The van der Waals surface area contributed by atoms with Gasteiger partial charge in [-0.15, -0.1) is 11.3 Å². The molecule has 1 aromatic carbocycles. The van der Waals surface area contributed by atoms with E-state index in [4.69, 9.17) is 14.1 Å². The topological polar surface area (TPSA) is 91.9 Å². The molecule has 9 heteroatoms. The third kappa shape index (κ3) is 3.14. The molecule has 0 radical (unpaired) electrons. The summed E-state index contributed by atoms with van der Waals surface area (Å²) in [5, 5.41) is 12.4. The summed E-state index contributed by atoms with van der Waals surface area (Å²) in [7, 11) is 0. The van der Waals surface area contributed by atoms with Crippen molar-refractivity contribution in [3.63, 3.8) is 0 Å². The number of thiazole rings is 1. The summed E-state index contributed by atoms with van der Waals surface area (Å²) in [4.78, 5) is 24.4. The van der Waals surface area contributed by atoms with Gasteiger partial charge in [-0.25, -0.2) is 9.78 Å². The number of morpholine rings is 1. The molecule has 2 saturated heterocycles. The summed E-state index contributed by atoms with van der Waals surface area (Å²) in [6, 6.07) is 4.28. The van der Waals surface area contributed by atoms with Gasteiger partial charge in [0.15, 0.2) is 5.58 Å². The highest BCUT2D eigenvalue weighted by Gasteiger charge is 2.42. The van der Waals surface area contributed by atoms with E-state index < -0.39 is 6.09 Å². The van der Waals surface area contributed by atoms with Gasteiger partial charge >= 0.3 is 6.09 Å². The highest BCUT2D eigenvalue weighted by atomic mass is 32.1. The van der Waals surface area contributed by atoms with Crippen LogP contribution in [0.15, 0.2) is 28.1 Å². The van der Waals surface area contributed by atoms with Gasteiger partial charge in [-0.3, -0.25) is 4.90 Å². The van der Waals surface area contributed by atoms with Crippen molar-refractivity contribution >= 4 is 34.5 Å². The number of carboxylic acid groups (broad SMARTS) is 1. The predicted octanol–water partition coefficient (Wildman–Crippen LogP) is 3.64. The van der Waals surface area contributed by atoms with Crippen LogP contribution in [0.25, 0.3) is 21.7 Å². The smallest absolute Gasteiger partial charge is 0.408 e. The Hall–Kier alpha value is -2.65. The van der Waals surface area contributed by atoms with Gasteiger partial charge in [0.1, 0.15) is 10.5 Å². The van der Waals surface area contributed by atoms with Crippen LogP contribution in [0, 0.1) is 0 Å². The van der Waals surface area contributed by atoms with Gasteiger partial charge in [0, 0.05) is 24.7 Å². The molecule has 0 saturated carbocycles. The lowest BCUT2D eigenvalue weighted by Gasteiger charge is -2.47. The Bertz CT molecular complexity index is 1030. The molecular formula is C20H22N4O4S. The minimum Gasteiger partial charge on any atom is -0.465 e. The number of amides is 1. The minimum absolute atomic E-state index is 0.223. The zero-order valence-corrected chi connectivity index (χ0v) is 17.1. The number of nitrogens with zero attached hydrogens (tertiary/aromatic N) is 4. The quantitative estimate of drug-likeness (QED) is 0.699. The number of anilines is 1. The fourth-order valence-electron chi connectivity index (χ4n) is 4.16. The van der Waals surface area contributed by atoms with Crippen molar-refractivity contribution in [3.05, 3.63) is 29.3 Å². The summed E-state index contributed by atoms with van der Waals surface area (Å²) in [5.41, 5.74) is 3.66.